The minimum Gasteiger partial charge on any atom is -0.469 e. The second kappa shape index (κ2) is 11.0. The van der Waals surface area contributed by atoms with E-state index in [1.807, 2.05) is 0 Å². The molecule has 10 heteroatoms. The molecule has 2 fully saturated rings. The molecule has 0 radical (unpaired) electrons. The van der Waals surface area contributed by atoms with E-state index in [4.69, 9.17) is 9.47 Å². The lowest BCUT2D eigenvalue weighted by Gasteiger charge is -2.41. The van der Waals surface area contributed by atoms with Gasteiger partial charge in [0.2, 0.25) is 5.91 Å². The van der Waals surface area contributed by atoms with E-state index in [-0.39, 0.29) is 54.2 Å². The quantitative estimate of drug-likeness (QED) is 0.588. The third-order valence-electron chi connectivity index (χ3n) is 8.17. The second-order valence-electron chi connectivity index (χ2n) is 10.6. The second-order valence-corrected chi connectivity index (χ2v) is 10.6. The van der Waals surface area contributed by atoms with Crippen molar-refractivity contribution < 1.29 is 32.2 Å². The molecular weight excluding hydrogens is 475 g/mol. The van der Waals surface area contributed by atoms with Crippen LogP contribution in [0.4, 0.5) is 13.2 Å². The molecule has 6 atom stereocenters. The summed E-state index contributed by atoms with van der Waals surface area (Å²) in [5, 5.41) is 3.77. The zero-order valence-electron chi connectivity index (χ0n) is 21.1. The maximum absolute atomic E-state index is 13.3. The number of esters is 1. The van der Waals surface area contributed by atoms with Crippen molar-refractivity contribution in [3.8, 4) is 0 Å². The van der Waals surface area contributed by atoms with Crippen LogP contribution in [0.2, 0.25) is 0 Å². The van der Waals surface area contributed by atoms with E-state index in [9.17, 15) is 22.8 Å². The highest BCUT2D eigenvalue weighted by molar-refractivity contribution is 5.79. The van der Waals surface area contributed by atoms with Crippen molar-refractivity contribution in [1.29, 1.82) is 0 Å². The van der Waals surface area contributed by atoms with Crippen molar-refractivity contribution in [1.82, 2.24) is 15.2 Å². The Labute approximate surface area is 210 Å². The Balaban J connectivity index is 1.36. The molecule has 2 aliphatic carbocycles. The third kappa shape index (κ3) is 5.85. The highest BCUT2D eigenvalue weighted by Crippen LogP contribution is 2.37. The standard InChI is InChI=1S/C26H36F3N3O4/c1-15-8-17(25(34)36-3)9-19(14-35-2)23(15)31-21-5-4-16(11-21)24(33)32-7-6-22-18(13-32)10-20(12-30-22)26(27,28)29/h10,12,15-17,19,21,23,31H,4-9,11,13-14H2,1-3H3. The van der Waals surface area contributed by atoms with Crippen LogP contribution in [0.3, 0.4) is 0 Å². The van der Waals surface area contributed by atoms with Gasteiger partial charge in [0.1, 0.15) is 0 Å². The number of methoxy groups -OCH3 is 2. The molecule has 36 heavy (non-hydrogen) atoms. The van der Waals surface area contributed by atoms with Gasteiger partial charge in [0.25, 0.3) is 0 Å². The largest absolute Gasteiger partial charge is 0.469 e. The molecule has 2 saturated carbocycles. The van der Waals surface area contributed by atoms with E-state index >= 15 is 0 Å². The zero-order chi connectivity index (χ0) is 26.0. The number of amides is 1. The number of nitrogens with one attached hydrogen (secondary N) is 1. The van der Waals surface area contributed by atoms with Gasteiger partial charge in [-0.3, -0.25) is 14.6 Å². The number of halogens is 3. The van der Waals surface area contributed by atoms with E-state index in [1.165, 1.54) is 7.11 Å². The molecule has 200 valence electrons. The van der Waals surface area contributed by atoms with Gasteiger partial charge in [-0.25, -0.2) is 0 Å². The van der Waals surface area contributed by atoms with E-state index in [2.05, 4.69) is 17.2 Å². The Kier molecular flexibility index (Phi) is 8.24. The molecule has 0 saturated heterocycles. The zero-order valence-corrected chi connectivity index (χ0v) is 21.1. The van der Waals surface area contributed by atoms with Crippen LogP contribution in [-0.4, -0.2) is 61.2 Å². The Bertz CT molecular complexity index is 957. The van der Waals surface area contributed by atoms with Crippen LogP contribution in [-0.2, 0) is 38.2 Å². The molecule has 0 bridgehead atoms. The van der Waals surface area contributed by atoms with E-state index in [0.29, 0.717) is 43.7 Å². The highest BCUT2D eigenvalue weighted by Gasteiger charge is 2.42. The first-order valence-electron chi connectivity index (χ1n) is 12.8. The van der Waals surface area contributed by atoms with Gasteiger partial charge in [0.05, 0.1) is 25.2 Å². The molecule has 0 aromatic carbocycles. The average Bonchev–Trinajstić information content (AvgIpc) is 3.32. The Hall–Kier alpha value is -2.20. The normalized spacial score (nSPS) is 30.7. The fraction of sp³-hybridized carbons (Fsp3) is 0.731. The van der Waals surface area contributed by atoms with Crippen molar-refractivity contribution in [2.45, 2.75) is 70.3 Å². The van der Waals surface area contributed by atoms with Gasteiger partial charge in [-0.15, -0.1) is 0 Å². The Morgan fingerprint density at radius 2 is 1.94 bits per heavy atom. The summed E-state index contributed by atoms with van der Waals surface area (Å²) in [6.45, 7) is 3.33. The molecule has 4 rings (SSSR count). The molecule has 1 aliphatic heterocycles. The number of fused-ring (bicyclic) bond motifs is 1. The summed E-state index contributed by atoms with van der Waals surface area (Å²) < 4.78 is 49.8. The molecule has 0 spiro atoms. The van der Waals surface area contributed by atoms with Gasteiger partial charge >= 0.3 is 12.1 Å². The van der Waals surface area contributed by atoms with Gasteiger partial charge < -0.3 is 19.7 Å². The number of aromatic nitrogens is 1. The van der Waals surface area contributed by atoms with Crippen molar-refractivity contribution in [3.63, 3.8) is 0 Å². The van der Waals surface area contributed by atoms with Crippen molar-refractivity contribution in [2.24, 2.45) is 23.7 Å². The number of nitrogens with zero attached hydrogens (tertiary/aromatic N) is 2. The van der Waals surface area contributed by atoms with E-state index in [1.54, 1.807) is 12.0 Å². The lowest BCUT2D eigenvalue weighted by Crippen LogP contribution is -2.51. The number of hydrogen-bond acceptors (Lipinski definition) is 6. The highest BCUT2D eigenvalue weighted by atomic mass is 19.4. The number of ether oxygens (including phenoxy) is 2. The Morgan fingerprint density at radius 1 is 1.17 bits per heavy atom. The van der Waals surface area contributed by atoms with Gasteiger partial charge in [0, 0.05) is 56.5 Å². The summed E-state index contributed by atoms with van der Waals surface area (Å²) in [4.78, 5) is 31.1. The van der Waals surface area contributed by atoms with Crippen LogP contribution in [0.5, 0.6) is 0 Å². The number of alkyl halides is 3. The Morgan fingerprint density at radius 3 is 2.64 bits per heavy atom. The molecule has 1 N–H and O–H groups in total. The summed E-state index contributed by atoms with van der Waals surface area (Å²) in [7, 11) is 3.09. The van der Waals surface area contributed by atoms with Crippen molar-refractivity contribution >= 4 is 11.9 Å². The van der Waals surface area contributed by atoms with Gasteiger partial charge in [-0.05, 0) is 55.6 Å². The van der Waals surface area contributed by atoms with Crippen molar-refractivity contribution in [2.75, 3.05) is 27.4 Å². The fourth-order valence-electron chi connectivity index (χ4n) is 6.37. The summed E-state index contributed by atoms with van der Waals surface area (Å²) in [5.41, 5.74) is 0.344. The molecule has 7 nitrogen and oxygen atoms in total. The van der Waals surface area contributed by atoms with E-state index < -0.39 is 11.7 Å². The first kappa shape index (κ1) is 26.9. The van der Waals surface area contributed by atoms with Gasteiger partial charge in [-0.1, -0.05) is 6.92 Å². The van der Waals surface area contributed by atoms with Gasteiger partial charge in [-0.2, -0.15) is 13.2 Å². The molecular formula is C26H36F3N3O4. The number of carbonyl (C=O) groups excluding carboxylic acids is 2. The monoisotopic (exact) mass is 511 g/mol. The minimum absolute atomic E-state index is 0.0123. The first-order valence-corrected chi connectivity index (χ1v) is 12.8. The van der Waals surface area contributed by atoms with Crippen LogP contribution in [0.25, 0.3) is 0 Å². The average molecular weight is 512 g/mol. The molecule has 6 unspecified atom stereocenters. The van der Waals surface area contributed by atoms with Crippen LogP contribution in [0.1, 0.15) is 55.8 Å². The number of pyridine rings is 1. The van der Waals surface area contributed by atoms with E-state index in [0.717, 1.165) is 31.5 Å². The third-order valence-corrected chi connectivity index (χ3v) is 8.17. The molecule has 1 amide bonds. The predicted molar refractivity (Wildman–Crippen MR) is 126 cm³/mol. The summed E-state index contributed by atoms with van der Waals surface area (Å²) >= 11 is 0. The minimum atomic E-state index is -4.45. The fourth-order valence-corrected chi connectivity index (χ4v) is 6.37. The maximum atomic E-state index is 13.3. The number of carbonyl (C=O) groups is 2. The van der Waals surface area contributed by atoms with Crippen LogP contribution >= 0.6 is 0 Å². The SMILES string of the molecule is COCC1CC(C(=O)OC)CC(C)C1NC1CCC(C(=O)N2CCc3ncc(C(F)(F)F)cc3C2)C1. The topological polar surface area (TPSA) is 80.8 Å². The van der Waals surface area contributed by atoms with Crippen LogP contribution in [0, 0.1) is 23.7 Å². The maximum Gasteiger partial charge on any atom is 0.417 e. The summed E-state index contributed by atoms with van der Waals surface area (Å²) in [6, 6.07) is 1.48. The first-order chi connectivity index (χ1) is 17.1. The molecule has 2 heterocycles. The smallest absolute Gasteiger partial charge is 0.417 e. The van der Waals surface area contributed by atoms with Crippen LogP contribution in [0.15, 0.2) is 12.3 Å². The summed E-state index contributed by atoms with van der Waals surface area (Å²) in [5.74, 6) is -0.00845. The predicted octanol–water partition coefficient (Wildman–Crippen LogP) is 3.59. The molecule has 1 aromatic rings. The number of rotatable bonds is 6. The van der Waals surface area contributed by atoms with Crippen molar-refractivity contribution in [3.05, 3.63) is 29.1 Å². The lowest BCUT2D eigenvalue weighted by molar-refractivity contribution is -0.148. The van der Waals surface area contributed by atoms with Crippen LogP contribution < -0.4 is 5.32 Å². The molecule has 3 aliphatic rings. The number of hydrogen-bond donors (Lipinski definition) is 1. The summed E-state index contributed by atoms with van der Waals surface area (Å²) in [6.07, 6.45) is 0.664. The molecule has 1 aromatic heterocycles. The lowest BCUT2D eigenvalue weighted by atomic mass is 9.72. The van der Waals surface area contributed by atoms with Gasteiger partial charge in [0.15, 0.2) is 0 Å².